The van der Waals surface area contributed by atoms with Crippen molar-refractivity contribution in [2.24, 2.45) is 0 Å². The van der Waals surface area contributed by atoms with Crippen LogP contribution in [0.5, 0.6) is 11.5 Å². The number of benzene rings is 2. The Morgan fingerprint density at radius 3 is 2.70 bits per heavy atom. The van der Waals surface area contributed by atoms with Crippen molar-refractivity contribution in [1.29, 1.82) is 0 Å². The lowest BCUT2D eigenvalue weighted by Crippen LogP contribution is -2.12. The van der Waals surface area contributed by atoms with E-state index in [1.54, 1.807) is 43.3 Å². The molecule has 20 heavy (non-hydrogen) atoms. The Bertz CT molecular complexity index is 623. The zero-order valence-corrected chi connectivity index (χ0v) is 11.4. The Labute approximate surface area is 117 Å². The average molecular weight is 274 g/mol. The molecule has 0 bridgehead atoms. The summed E-state index contributed by atoms with van der Waals surface area (Å²) in [5.74, 6) is 0.00887. The first-order valence-corrected chi connectivity index (χ1v) is 6.17. The van der Waals surface area contributed by atoms with Crippen molar-refractivity contribution in [3.8, 4) is 11.5 Å². The Hall–Kier alpha value is -2.36. The largest absolute Gasteiger partial charge is 0.497 e. The van der Waals surface area contributed by atoms with E-state index in [0.29, 0.717) is 16.9 Å². The SMILES string of the molecule is COc1cccc(C(=O)COc2cccc(C)c2F)c1. The van der Waals surface area contributed by atoms with Crippen LogP contribution in [0.4, 0.5) is 4.39 Å². The molecule has 0 N–H and O–H groups in total. The molecule has 0 saturated heterocycles. The number of carbonyl (C=O) groups is 1. The molecule has 4 heteroatoms. The summed E-state index contributed by atoms with van der Waals surface area (Å²) in [6.07, 6.45) is 0. The Morgan fingerprint density at radius 2 is 1.95 bits per heavy atom. The van der Waals surface area contributed by atoms with E-state index in [9.17, 15) is 9.18 Å². The van der Waals surface area contributed by atoms with Crippen LogP contribution in [0.25, 0.3) is 0 Å². The third kappa shape index (κ3) is 3.15. The lowest BCUT2D eigenvalue weighted by Gasteiger charge is -2.08. The lowest BCUT2D eigenvalue weighted by atomic mass is 10.1. The number of hydrogen-bond donors (Lipinski definition) is 0. The monoisotopic (exact) mass is 274 g/mol. The molecule has 0 heterocycles. The Morgan fingerprint density at radius 1 is 1.20 bits per heavy atom. The summed E-state index contributed by atoms with van der Waals surface area (Å²) in [4.78, 5) is 12.0. The number of Topliss-reactive ketones (excluding diaryl/α,β-unsaturated/α-hetero) is 1. The van der Waals surface area contributed by atoms with Gasteiger partial charge in [-0.05, 0) is 30.7 Å². The minimum absolute atomic E-state index is 0.0845. The Balaban J connectivity index is 2.06. The van der Waals surface area contributed by atoms with Gasteiger partial charge in [-0.1, -0.05) is 24.3 Å². The van der Waals surface area contributed by atoms with Gasteiger partial charge in [0.05, 0.1) is 7.11 Å². The van der Waals surface area contributed by atoms with Gasteiger partial charge in [-0.15, -0.1) is 0 Å². The van der Waals surface area contributed by atoms with E-state index < -0.39 is 5.82 Å². The molecule has 0 aliphatic carbocycles. The first-order chi connectivity index (χ1) is 9.61. The van der Waals surface area contributed by atoms with Crippen molar-refractivity contribution >= 4 is 5.78 Å². The third-order valence-corrected chi connectivity index (χ3v) is 2.91. The summed E-state index contributed by atoms with van der Waals surface area (Å²) in [7, 11) is 1.53. The van der Waals surface area contributed by atoms with Crippen LogP contribution in [0.15, 0.2) is 42.5 Å². The molecular weight excluding hydrogens is 259 g/mol. The van der Waals surface area contributed by atoms with Gasteiger partial charge in [0, 0.05) is 5.56 Å². The predicted octanol–water partition coefficient (Wildman–Crippen LogP) is 3.40. The van der Waals surface area contributed by atoms with Crippen molar-refractivity contribution < 1.29 is 18.7 Å². The molecule has 0 aliphatic heterocycles. The number of methoxy groups -OCH3 is 1. The molecule has 0 atom stereocenters. The maximum absolute atomic E-state index is 13.7. The van der Waals surface area contributed by atoms with Gasteiger partial charge in [0.15, 0.2) is 24.0 Å². The highest BCUT2D eigenvalue weighted by molar-refractivity contribution is 5.97. The standard InChI is InChI=1S/C16H15FO3/c1-11-5-3-8-15(16(11)17)20-10-14(18)12-6-4-7-13(9-12)19-2/h3-9H,10H2,1-2H3. The quantitative estimate of drug-likeness (QED) is 0.784. The van der Waals surface area contributed by atoms with Gasteiger partial charge in [-0.25, -0.2) is 4.39 Å². The van der Waals surface area contributed by atoms with Crippen LogP contribution in [0.2, 0.25) is 0 Å². The minimum atomic E-state index is -0.439. The van der Waals surface area contributed by atoms with Crippen molar-refractivity contribution in [2.45, 2.75) is 6.92 Å². The molecule has 2 aromatic carbocycles. The fourth-order valence-electron chi connectivity index (χ4n) is 1.76. The van der Waals surface area contributed by atoms with E-state index in [-0.39, 0.29) is 18.1 Å². The lowest BCUT2D eigenvalue weighted by molar-refractivity contribution is 0.0918. The van der Waals surface area contributed by atoms with E-state index in [4.69, 9.17) is 9.47 Å². The molecule has 104 valence electrons. The topological polar surface area (TPSA) is 35.5 Å². The molecule has 0 unspecified atom stereocenters. The highest BCUT2D eigenvalue weighted by atomic mass is 19.1. The van der Waals surface area contributed by atoms with Crippen molar-refractivity contribution in [2.75, 3.05) is 13.7 Å². The maximum atomic E-state index is 13.7. The summed E-state index contributed by atoms with van der Waals surface area (Å²) >= 11 is 0. The number of ketones is 1. The minimum Gasteiger partial charge on any atom is -0.497 e. The second-order valence-corrected chi connectivity index (χ2v) is 4.33. The fourth-order valence-corrected chi connectivity index (χ4v) is 1.76. The second-order valence-electron chi connectivity index (χ2n) is 4.33. The molecule has 0 radical (unpaired) electrons. The van der Waals surface area contributed by atoms with E-state index in [1.165, 1.54) is 13.2 Å². The zero-order valence-electron chi connectivity index (χ0n) is 11.4. The fraction of sp³-hybridized carbons (Fsp3) is 0.188. The van der Waals surface area contributed by atoms with Gasteiger partial charge in [0.2, 0.25) is 0 Å². The molecule has 0 aliphatic rings. The van der Waals surface area contributed by atoms with Crippen LogP contribution in [0, 0.1) is 12.7 Å². The van der Waals surface area contributed by atoms with Gasteiger partial charge in [0.1, 0.15) is 5.75 Å². The number of rotatable bonds is 5. The van der Waals surface area contributed by atoms with Gasteiger partial charge >= 0.3 is 0 Å². The molecule has 0 aromatic heterocycles. The summed E-state index contributed by atoms with van der Waals surface area (Å²) < 4.78 is 24.0. The van der Waals surface area contributed by atoms with E-state index in [1.807, 2.05) is 0 Å². The number of halogens is 1. The molecule has 0 saturated carbocycles. The molecule has 0 spiro atoms. The van der Waals surface area contributed by atoms with Crippen LogP contribution >= 0.6 is 0 Å². The van der Waals surface area contributed by atoms with Crippen LogP contribution in [-0.2, 0) is 0 Å². The summed E-state index contributed by atoms with van der Waals surface area (Å²) in [5, 5.41) is 0. The molecule has 2 rings (SSSR count). The van der Waals surface area contributed by atoms with Crippen LogP contribution < -0.4 is 9.47 Å². The number of aryl methyl sites for hydroxylation is 1. The normalized spacial score (nSPS) is 10.2. The van der Waals surface area contributed by atoms with Gasteiger partial charge in [-0.3, -0.25) is 4.79 Å². The Kier molecular flexibility index (Phi) is 4.35. The first kappa shape index (κ1) is 14.1. The van der Waals surface area contributed by atoms with Gasteiger partial charge < -0.3 is 9.47 Å². The van der Waals surface area contributed by atoms with Crippen LogP contribution in [0.1, 0.15) is 15.9 Å². The molecule has 3 nitrogen and oxygen atoms in total. The third-order valence-electron chi connectivity index (χ3n) is 2.91. The first-order valence-electron chi connectivity index (χ1n) is 6.17. The van der Waals surface area contributed by atoms with E-state index >= 15 is 0 Å². The summed E-state index contributed by atoms with van der Waals surface area (Å²) in [5.41, 5.74) is 0.953. The molecule has 0 amide bonds. The van der Waals surface area contributed by atoms with Crippen molar-refractivity contribution in [1.82, 2.24) is 0 Å². The summed E-state index contributed by atoms with van der Waals surface area (Å²) in [6.45, 7) is 1.43. The molecule has 0 fully saturated rings. The average Bonchev–Trinajstić information content (AvgIpc) is 2.48. The van der Waals surface area contributed by atoms with E-state index in [0.717, 1.165) is 0 Å². The highest BCUT2D eigenvalue weighted by Gasteiger charge is 2.11. The van der Waals surface area contributed by atoms with Crippen molar-refractivity contribution in [3.63, 3.8) is 0 Å². The molecular formula is C16H15FO3. The second kappa shape index (κ2) is 6.19. The van der Waals surface area contributed by atoms with Crippen LogP contribution in [0.3, 0.4) is 0 Å². The smallest absolute Gasteiger partial charge is 0.200 e. The van der Waals surface area contributed by atoms with E-state index in [2.05, 4.69) is 0 Å². The van der Waals surface area contributed by atoms with Gasteiger partial charge in [0.25, 0.3) is 0 Å². The molecule has 2 aromatic rings. The number of hydrogen-bond acceptors (Lipinski definition) is 3. The van der Waals surface area contributed by atoms with Crippen LogP contribution in [-0.4, -0.2) is 19.5 Å². The predicted molar refractivity (Wildman–Crippen MR) is 74.0 cm³/mol. The number of carbonyl (C=O) groups excluding carboxylic acids is 1. The maximum Gasteiger partial charge on any atom is 0.200 e. The highest BCUT2D eigenvalue weighted by Crippen LogP contribution is 2.20. The van der Waals surface area contributed by atoms with Gasteiger partial charge in [-0.2, -0.15) is 0 Å². The zero-order chi connectivity index (χ0) is 14.5. The number of ether oxygens (including phenoxy) is 2. The summed E-state index contributed by atoms with van der Waals surface area (Å²) in [6, 6.07) is 11.6. The van der Waals surface area contributed by atoms with Crippen molar-refractivity contribution in [3.05, 3.63) is 59.4 Å².